The van der Waals surface area contributed by atoms with Crippen molar-refractivity contribution >= 4 is 23.2 Å². The minimum Gasteiger partial charge on any atom is -0.379 e. The Balaban J connectivity index is 1.53. The van der Waals surface area contributed by atoms with Crippen molar-refractivity contribution in [3.63, 3.8) is 0 Å². The van der Waals surface area contributed by atoms with E-state index >= 15 is 0 Å². The van der Waals surface area contributed by atoms with Gasteiger partial charge in [-0.05, 0) is 61.9 Å². The van der Waals surface area contributed by atoms with Gasteiger partial charge in [-0.3, -0.25) is 14.5 Å². The zero-order chi connectivity index (χ0) is 20.6. The van der Waals surface area contributed by atoms with Crippen LogP contribution in [0.2, 0.25) is 0 Å². The summed E-state index contributed by atoms with van der Waals surface area (Å²) in [5, 5.41) is 6.28. The van der Waals surface area contributed by atoms with Gasteiger partial charge in [0.25, 0.3) is 5.91 Å². The normalized spacial score (nSPS) is 14.4. The van der Waals surface area contributed by atoms with Gasteiger partial charge in [0, 0.05) is 42.1 Å². The molecular formula is C22H28N4O3. The van der Waals surface area contributed by atoms with E-state index in [9.17, 15) is 9.59 Å². The molecule has 0 radical (unpaired) electrons. The molecule has 29 heavy (non-hydrogen) atoms. The van der Waals surface area contributed by atoms with E-state index in [0.29, 0.717) is 17.7 Å². The van der Waals surface area contributed by atoms with Crippen molar-refractivity contribution in [2.45, 2.75) is 13.3 Å². The van der Waals surface area contributed by atoms with E-state index in [4.69, 9.17) is 10.5 Å². The summed E-state index contributed by atoms with van der Waals surface area (Å²) in [6.07, 6.45) is 0.912. The predicted octanol–water partition coefficient (Wildman–Crippen LogP) is 2.29. The summed E-state index contributed by atoms with van der Waals surface area (Å²) in [4.78, 5) is 26.1. The number of carbonyl (C=O) groups excluding carboxylic acids is 2. The van der Waals surface area contributed by atoms with E-state index in [0.717, 1.165) is 56.2 Å². The van der Waals surface area contributed by atoms with Crippen molar-refractivity contribution in [2.75, 3.05) is 44.7 Å². The number of primary amides is 1. The van der Waals surface area contributed by atoms with Crippen LogP contribution < -0.4 is 16.4 Å². The monoisotopic (exact) mass is 396 g/mol. The lowest BCUT2D eigenvalue weighted by Crippen LogP contribution is -2.38. The molecule has 0 spiro atoms. The van der Waals surface area contributed by atoms with Gasteiger partial charge in [-0.25, -0.2) is 0 Å². The molecule has 7 heteroatoms. The van der Waals surface area contributed by atoms with Crippen LogP contribution in [0.3, 0.4) is 0 Å². The third-order valence-electron chi connectivity index (χ3n) is 4.96. The fourth-order valence-electron chi connectivity index (χ4n) is 3.28. The number of nitrogens with zero attached hydrogens (tertiary/aromatic N) is 1. The maximum Gasteiger partial charge on any atom is 0.251 e. The van der Waals surface area contributed by atoms with Crippen LogP contribution in [-0.4, -0.2) is 56.1 Å². The molecule has 1 fully saturated rings. The van der Waals surface area contributed by atoms with Gasteiger partial charge in [-0.1, -0.05) is 6.07 Å². The smallest absolute Gasteiger partial charge is 0.251 e. The fraction of sp³-hybridized carbons (Fsp3) is 0.364. The summed E-state index contributed by atoms with van der Waals surface area (Å²) in [5.74, 6) is -0.539. The second-order valence-electron chi connectivity index (χ2n) is 7.16. The van der Waals surface area contributed by atoms with Crippen LogP contribution in [0, 0.1) is 6.92 Å². The summed E-state index contributed by atoms with van der Waals surface area (Å²) < 4.78 is 5.34. The van der Waals surface area contributed by atoms with Gasteiger partial charge in [-0.15, -0.1) is 0 Å². The van der Waals surface area contributed by atoms with Crippen molar-refractivity contribution in [2.24, 2.45) is 5.73 Å². The van der Waals surface area contributed by atoms with Crippen LogP contribution in [0.15, 0.2) is 42.5 Å². The largest absolute Gasteiger partial charge is 0.379 e. The average Bonchev–Trinajstić information content (AvgIpc) is 2.73. The van der Waals surface area contributed by atoms with Gasteiger partial charge < -0.3 is 21.1 Å². The number of benzene rings is 2. The number of aryl methyl sites for hydroxylation is 1. The van der Waals surface area contributed by atoms with E-state index in [-0.39, 0.29) is 5.91 Å². The van der Waals surface area contributed by atoms with Crippen LogP contribution >= 0.6 is 0 Å². The minimum absolute atomic E-state index is 0.0866. The summed E-state index contributed by atoms with van der Waals surface area (Å²) in [6.45, 7) is 7.00. The first kappa shape index (κ1) is 20.8. The van der Waals surface area contributed by atoms with Crippen molar-refractivity contribution in [1.29, 1.82) is 0 Å². The summed E-state index contributed by atoms with van der Waals surface area (Å²) in [5.41, 5.74) is 8.96. The molecule has 0 unspecified atom stereocenters. The number of morpholine rings is 1. The molecular weight excluding hydrogens is 368 g/mol. The highest BCUT2D eigenvalue weighted by atomic mass is 16.5. The lowest BCUT2D eigenvalue weighted by Gasteiger charge is -2.26. The van der Waals surface area contributed by atoms with E-state index in [1.165, 1.54) is 0 Å². The molecule has 2 aromatic carbocycles. The maximum absolute atomic E-state index is 12.5. The fourth-order valence-corrected chi connectivity index (χ4v) is 3.28. The van der Waals surface area contributed by atoms with Gasteiger partial charge in [0.2, 0.25) is 5.91 Å². The van der Waals surface area contributed by atoms with E-state index in [1.54, 1.807) is 18.2 Å². The topological polar surface area (TPSA) is 96.7 Å². The molecule has 1 aliphatic rings. The number of hydrogen-bond donors (Lipinski definition) is 3. The van der Waals surface area contributed by atoms with Gasteiger partial charge in [0.05, 0.1) is 13.2 Å². The summed E-state index contributed by atoms with van der Waals surface area (Å²) >= 11 is 0. The van der Waals surface area contributed by atoms with Gasteiger partial charge in [-0.2, -0.15) is 0 Å². The van der Waals surface area contributed by atoms with E-state index in [1.807, 2.05) is 31.2 Å². The molecule has 7 nitrogen and oxygen atoms in total. The number of nitrogens with two attached hydrogens (primary N) is 1. The Morgan fingerprint density at radius 1 is 1.10 bits per heavy atom. The Bertz CT molecular complexity index is 863. The Hall–Kier alpha value is -2.90. The van der Waals surface area contributed by atoms with Crippen molar-refractivity contribution < 1.29 is 14.3 Å². The number of ether oxygens (including phenoxy) is 1. The van der Waals surface area contributed by atoms with Gasteiger partial charge >= 0.3 is 0 Å². The molecule has 0 bridgehead atoms. The lowest BCUT2D eigenvalue weighted by molar-refractivity contribution is 0.0374. The number of carbonyl (C=O) groups is 2. The number of anilines is 2. The predicted molar refractivity (Wildman–Crippen MR) is 114 cm³/mol. The number of amides is 2. The number of nitrogens with one attached hydrogen (secondary N) is 2. The molecule has 4 N–H and O–H groups in total. The highest BCUT2D eigenvalue weighted by molar-refractivity contribution is 5.95. The van der Waals surface area contributed by atoms with Crippen LogP contribution in [0.5, 0.6) is 0 Å². The Labute approximate surface area is 171 Å². The number of rotatable bonds is 8. The summed E-state index contributed by atoms with van der Waals surface area (Å²) in [7, 11) is 0. The van der Waals surface area contributed by atoms with E-state index < -0.39 is 5.91 Å². The third kappa shape index (κ3) is 6.04. The Kier molecular flexibility index (Phi) is 7.21. The van der Waals surface area contributed by atoms with Crippen LogP contribution in [0.25, 0.3) is 0 Å². The Morgan fingerprint density at radius 3 is 2.62 bits per heavy atom. The van der Waals surface area contributed by atoms with Crippen LogP contribution in [0.1, 0.15) is 32.7 Å². The highest BCUT2D eigenvalue weighted by Crippen LogP contribution is 2.22. The summed E-state index contributed by atoms with van der Waals surface area (Å²) in [6, 6.07) is 12.6. The second-order valence-corrected chi connectivity index (χ2v) is 7.16. The highest BCUT2D eigenvalue weighted by Gasteiger charge is 2.11. The first-order chi connectivity index (χ1) is 14.0. The van der Waals surface area contributed by atoms with Crippen molar-refractivity contribution in [1.82, 2.24) is 10.2 Å². The second kappa shape index (κ2) is 10.0. The van der Waals surface area contributed by atoms with E-state index in [2.05, 4.69) is 15.5 Å². The SMILES string of the molecule is Cc1cc(C(N)=O)ccc1Nc1cccc(C(=O)NCCCN2CCOCC2)c1. The van der Waals surface area contributed by atoms with Gasteiger partial charge in [0.1, 0.15) is 0 Å². The molecule has 2 aromatic rings. The molecule has 1 aliphatic heterocycles. The van der Waals surface area contributed by atoms with Gasteiger partial charge in [0.15, 0.2) is 0 Å². The molecule has 3 rings (SSSR count). The zero-order valence-electron chi connectivity index (χ0n) is 16.7. The van der Waals surface area contributed by atoms with Crippen LogP contribution in [-0.2, 0) is 4.74 Å². The first-order valence-corrected chi connectivity index (χ1v) is 9.89. The molecule has 1 heterocycles. The molecule has 0 atom stereocenters. The van der Waals surface area contributed by atoms with Crippen LogP contribution in [0.4, 0.5) is 11.4 Å². The molecule has 2 amide bonds. The molecule has 1 saturated heterocycles. The number of hydrogen-bond acceptors (Lipinski definition) is 5. The third-order valence-corrected chi connectivity index (χ3v) is 4.96. The maximum atomic E-state index is 12.5. The van der Waals surface area contributed by atoms with Crippen molar-refractivity contribution in [3.8, 4) is 0 Å². The molecule has 0 aromatic heterocycles. The first-order valence-electron chi connectivity index (χ1n) is 9.89. The molecule has 154 valence electrons. The zero-order valence-corrected chi connectivity index (χ0v) is 16.7. The average molecular weight is 396 g/mol. The minimum atomic E-state index is -0.452. The Morgan fingerprint density at radius 2 is 1.90 bits per heavy atom. The molecule has 0 saturated carbocycles. The quantitative estimate of drug-likeness (QED) is 0.595. The lowest BCUT2D eigenvalue weighted by atomic mass is 10.1. The molecule has 0 aliphatic carbocycles. The standard InChI is InChI=1S/C22H28N4O3/c1-16-14-17(21(23)27)6-7-20(16)25-19-5-2-4-18(15-19)22(28)24-8-3-9-26-10-12-29-13-11-26/h2,4-7,14-15,25H,3,8-13H2,1H3,(H2,23,27)(H,24,28). The van der Waals surface area contributed by atoms with Crippen molar-refractivity contribution in [3.05, 3.63) is 59.2 Å².